The van der Waals surface area contributed by atoms with Crippen molar-refractivity contribution in [3.63, 3.8) is 0 Å². The van der Waals surface area contributed by atoms with E-state index in [0.29, 0.717) is 16.0 Å². The van der Waals surface area contributed by atoms with Gasteiger partial charge in [0.1, 0.15) is 0 Å². The second kappa shape index (κ2) is 5.39. The van der Waals surface area contributed by atoms with E-state index in [1.807, 2.05) is 0 Å². The van der Waals surface area contributed by atoms with E-state index in [4.69, 9.17) is 0 Å². The van der Waals surface area contributed by atoms with Crippen molar-refractivity contribution in [3.8, 4) is 21.6 Å². The summed E-state index contributed by atoms with van der Waals surface area (Å²) in [6.45, 7) is 0. The Labute approximate surface area is 159 Å². The number of alkyl halides is 3. The average molecular weight is 399 g/mol. The summed E-state index contributed by atoms with van der Waals surface area (Å²) >= 11 is 1.16. The van der Waals surface area contributed by atoms with Gasteiger partial charge in [-0.2, -0.15) is 13.2 Å². The number of imide groups is 1. The molecule has 1 aromatic heterocycles. The molecule has 0 unspecified atom stereocenters. The molecule has 138 valence electrons. The molecular weight excluding hydrogens is 391 g/mol. The van der Waals surface area contributed by atoms with E-state index in [9.17, 15) is 27.6 Å². The second-order valence-corrected chi connectivity index (χ2v) is 7.30. The Bertz CT molecular complexity index is 1240. The summed E-state index contributed by atoms with van der Waals surface area (Å²) in [5, 5.41) is 3.82. The van der Waals surface area contributed by atoms with Crippen LogP contribution in [0.15, 0.2) is 41.8 Å². The molecule has 0 fully saturated rings. The number of thiophene rings is 1. The molecule has 0 bridgehead atoms. The van der Waals surface area contributed by atoms with Crippen LogP contribution in [-0.4, -0.2) is 17.6 Å². The van der Waals surface area contributed by atoms with Gasteiger partial charge < -0.3 is 0 Å². The summed E-state index contributed by atoms with van der Waals surface area (Å²) in [7, 11) is 0. The third-order valence-electron chi connectivity index (χ3n) is 4.91. The van der Waals surface area contributed by atoms with E-state index < -0.39 is 29.3 Å². The molecule has 1 N–H and O–H groups in total. The maximum absolute atomic E-state index is 13.4. The summed E-state index contributed by atoms with van der Waals surface area (Å²) in [4.78, 5) is 37.5. The lowest BCUT2D eigenvalue weighted by atomic mass is 9.97. The van der Waals surface area contributed by atoms with Crippen molar-refractivity contribution in [2.24, 2.45) is 0 Å². The van der Waals surface area contributed by atoms with Gasteiger partial charge in [0.05, 0.1) is 16.7 Å². The molecule has 0 saturated carbocycles. The third-order valence-corrected chi connectivity index (χ3v) is 5.93. The van der Waals surface area contributed by atoms with Crippen LogP contribution in [0.2, 0.25) is 0 Å². The number of nitrogens with one attached hydrogen (secondary N) is 1. The molecule has 4 nitrogen and oxygen atoms in total. The fourth-order valence-electron chi connectivity index (χ4n) is 3.77. The number of halogens is 3. The Balaban J connectivity index is 1.76. The van der Waals surface area contributed by atoms with Crippen molar-refractivity contribution >= 4 is 28.9 Å². The monoisotopic (exact) mass is 399 g/mol. The van der Waals surface area contributed by atoms with Crippen LogP contribution in [0.25, 0.3) is 21.6 Å². The number of carbonyl (C=O) groups excluding carboxylic acids is 3. The number of amides is 2. The first-order valence-corrected chi connectivity index (χ1v) is 9.03. The smallest absolute Gasteiger partial charge is 0.288 e. The minimum atomic E-state index is -4.66. The predicted molar refractivity (Wildman–Crippen MR) is 95.4 cm³/mol. The molecule has 3 aromatic rings. The SMILES string of the molecule is O=C1NC(=O)c2c1cccc2-c1scc2c1C(=O)c1c-2cccc1C(F)(F)F. The Kier molecular flexibility index (Phi) is 3.25. The molecular formula is C20H8F3NO3S. The minimum absolute atomic E-state index is 0.136. The molecule has 0 atom stereocenters. The van der Waals surface area contributed by atoms with Gasteiger partial charge in [-0.3, -0.25) is 19.7 Å². The van der Waals surface area contributed by atoms with Crippen molar-refractivity contribution in [1.29, 1.82) is 0 Å². The van der Waals surface area contributed by atoms with Crippen molar-refractivity contribution in [3.05, 3.63) is 69.6 Å². The average Bonchev–Trinajstić information content (AvgIpc) is 3.29. The highest BCUT2D eigenvalue weighted by Crippen LogP contribution is 2.49. The molecule has 1 aliphatic heterocycles. The van der Waals surface area contributed by atoms with E-state index >= 15 is 0 Å². The summed E-state index contributed by atoms with van der Waals surface area (Å²) in [6, 6.07) is 8.30. The summed E-state index contributed by atoms with van der Waals surface area (Å²) in [6.07, 6.45) is -4.66. The van der Waals surface area contributed by atoms with Gasteiger partial charge in [-0.15, -0.1) is 11.3 Å². The lowest BCUT2D eigenvalue weighted by Crippen LogP contribution is -2.20. The second-order valence-electron chi connectivity index (χ2n) is 6.42. The topological polar surface area (TPSA) is 63.2 Å². The van der Waals surface area contributed by atoms with E-state index in [1.165, 1.54) is 18.2 Å². The summed E-state index contributed by atoms with van der Waals surface area (Å²) in [5.74, 6) is -1.85. The van der Waals surface area contributed by atoms with Crippen molar-refractivity contribution in [2.45, 2.75) is 6.18 Å². The molecule has 2 heterocycles. The number of fused-ring (bicyclic) bond motifs is 4. The van der Waals surface area contributed by atoms with Crippen LogP contribution in [0, 0.1) is 0 Å². The predicted octanol–water partition coefficient (Wildman–Crippen LogP) is 4.53. The van der Waals surface area contributed by atoms with Crippen LogP contribution in [0.4, 0.5) is 13.2 Å². The van der Waals surface area contributed by atoms with E-state index in [2.05, 4.69) is 5.32 Å². The Morgan fingerprint density at radius 2 is 1.43 bits per heavy atom. The number of hydrogen-bond donors (Lipinski definition) is 1. The van der Waals surface area contributed by atoms with Gasteiger partial charge in [0.15, 0.2) is 5.78 Å². The summed E-state index contributed by atoms with van der Waals surface area (Å²) < 4.78 is 40.2. The number of ketones is 1. The highest BCUT2D eigenvalue weighted by molar-refractivity contribution is 7.14. The minimum Gasteiger partial charge on any atom is -0.288 e. The van der Waals surface area contributed by atoms with Gasteiger partial charge in [0.2, 0.25) is 0 Å². The van der Waals surface area contributed by atoms with Gasteiger partial charge >= 0.3 is 6.18 Å². The molecule has 0 radical (unpaired) electrons. The van der Waals surface area contributed by atoms with E-state index in [0.717, 1.165) is 17.4 Å². The fraction of sp³-hybridized carbons (Fsp3) is 0.0500. The van der Waals surface area contributed by atoms with Crippen molar-refractivity contribution in [2.75, 3.05) is 0 Å². The molecule has 2 amide bonds. The maximum atomic E-state index is 13.4. The first-order valence-electron chi connectivity index (χ1n) is 8.15. The molecule has 1 aliphatic carbocycles. The number of carbonyl (C=O) groups is 3. The molecule has 28 heavy (non-hydrogen) atoms. The maximum Gasteiger partial charge on any atom is 0.417 e. The van der Waals surface area contributed by atoms with Crippen LogP contribution in [0.1, 0.15) is 42.2 Å². The molecule has 8 heteroatoms. The van der Waals surface area contributed by atoms with Crippen LogP contribution in [0.5, 0.6) is 0 Å². The zero-order chi connectivity index (χ0) is 19.8. The lowest BCUT2D eigenvalue weighted by Gasteiger charge is -2.11. The molecule has 2 aliphatic rings. The van der Waals surface area contributed by atoms with Crippen LogP contribution in [0.3, 0.4) is 0 Å². The number of benzene rings is 2. The first kappa shape index (κ1) is 16.9. The Morgan fingerprint density at radius 3 is 2.18 bits per heavy atom. The number of hydrogen-bond acceptors (Lipinski definition) is 4. The van der Waals surface area contributed by atoms with Gasteiger partial charge in [-0.05, 0) is 23.1 Å². The van der Waals surface area contributed by atoms with Gasteiger partial charge in [-0.1, -0.05) is 24.3 Å². The zero-order valence-electron chi connectivity index (χ0n) is 13.8. The van der Waals surface area contributed by atoms with Gasteiger partial charge in [0.25, 0.3) is 11.8 Å². The van der Waals surface area contributed by atoms with Crippen molar-refractivity contribution < 1.29 is 27.6 Å². The molecule has 5 rings (SSSR count). The normalized spacial score (nSPS) is 14.8. The quantitative estimate of drug-likeness (QED) is 0.479. The molecule has 0 saturated heterocycles. The number of rotatable bonds is 1. The third kappa shape index (κ3) is 2.09. The lowest BCUT2D eigenvalue weighted by molar-refractivity contribution is -0.137. The molecule has 2 aromatic carbocycles. The summed E-state index contributed by atoms with van der Waals surface area (Å²) in [5.41, 5.74) is 0.106. The highest BCUT2D eigenvalue weighted by Gasteiger charge is 2.42. The van der Waals surface area contributed by atoms with Crippen molar-refractivity contribution in [1.82, 2.24) is 5.32 Å². The highest BCUT2D eigenvalue weighted by atomic mass is 32.1. The van der Waals surface area contributed by atoms with Crippen LogP contribution in [-0.2, 0) is 6.18 Å². The van der Waals surface area contributed by atoms with Gasteiger partial charge in [0, 0.05) is 27.1 Å². The standard InChI is InChI=1S/C20H8F3NO3S/c21-20(22,23)12-6-2-3-8-11-7-28-17(15(11)16(25)14(8)12)9-4-1-5-10-13(9)19(27)24-18(10)26/h1-7H,(H,24,26,27). The Morgan fingerprint density at radius 1 is 0.750 bits per heavy atom. The van der Waals surface area contributed by atoms with E-state index in [1.54, 1.807) is 17.5 Å². The van der Waals surface area contributed by atoms with E-state index in [-0.39, 0.29) is 27.8 Å². The van der Waals surface area contributed by atoms with Gasteiger partial charge in [-0.25, -0.2) is 0 Å². The fourth-order valence-corrected chi connectivity index (χ4v) is 4.87. The zero-order valence-corrected chi connectivity index (χ0v) is 14.6. The van der Waals surface area contributed by atoms with Crippen LogP contribution >= 0.6 is 11.3 Å². The Hall–Kier alpha value is -3.26. The largest absolute Gasteiger partial charge is 0.417 e. The van der Waals surface area contributed by atoms with Crippen LogP contribution < -0.4 is 5.32 Å². The molecule has 0 spiro atoms. The first-order chi connectivity index (χ1) is 13.3.